The van der Waals surface area contributed by atoms with E-state index in [2.05, 4.69) is 15.6 Å². The van der Waals surface area contributed by atoms with Crippen LogP contribution in [0, 0.1) is 6.92 Å². The van der Waals surface area contributed by atoms with Gasteiger partial charge in [-0.2, -0.15) is 5.10 Å². The highest BCUT2D eigenvalue weighted by molar-refractivity contribution is 5.87. The quantitative estimate of drug-likeness (QED) is 0.843. The van der Waals surface area contributed by atoms with Crippen molar-refractivity contribution in [1.29, 1.82) is 0 Å². The lowest BCUT2D eigenvalue weighted by molar-refractivity contribution is -0.114. The zero-order valence-electron chi connectivity index (χ0n) is 9.10. The fourth-order valence-corrected chi connectivity index (χ4v) is 1.36. The van der Waals surface area contributed by atoms with Gasteiger partial charge in [0.1, 0.15) is 11.5 Å². The Balaban J connectivity index is 2.05. The molecule has 0 atom stereocenters. The summed E-state index contributed by atoms with van der Waals surface area (Å²) in [7, 11) is 0. The SMILES string of the molecule is CC(=O)Nc1ccn(Cc2cc(C)on2)n1. The van der Waals surface area contributed by atoms with Crippen molar-refractivity contribution in [3.05, 3.63) is 29.8 Å². The monoisotopic (exact) mass is 220 g/mol. The van der Waals surface area contributed by atoms with Crippen LogP contribution in [0.3, 0.4) is 0 Å². The van der Waals surface area contributed by atoms with Gasteiger partial charge in [-0.15, -0.1) is 0 Å². The lowest BCUT2D eigenvalue weighted by Gasteiger charge is -1.97. The molecule has 0 fully saturated rings. The van der Waals surface area contributed by atoms with Crippen molar-refractivity contribution in [2.75, 3.05) is 5.32 Å². The lowest BCUT2D eigenvalue weighted by Crippen LogP contribution is -2.07. The van der Waals surface area contributed by atoms with Gasteiger partial charge in [0.05, 0.1) is 6.54 Å². The average Bonchev–Trinajstić information content (AvgIpc) is 2.76. The highest BCUT2D eigenvalue weighted by Crippen LogP contribution is 2.06. The van der Waals surface area contributed by atoms with Crippen LogP contribution in [-0.4, -0.2) is 20.8 Å². The third-order valence-corrected chi connectivity index (χ3v) is 1.95. The van der Waals surface area contributed by atoms with Crippen LogP contribution in [0.5, 0.6) is 0 Å². The van der Waals surface area contributed by atoms with Gasteiger partial charge in [-0.05, 0) is 6.92 Å². The van der Waals surface area contributed by atoms with Crippen molar-refractivity contribution < 1.29 is 9.32 Å². The molecule has 0 saturated carbocycles. The molecule has 0 saturated heterocycles. The van der Waals surface area contributed by atoms with Crippen LogP contribution < -0.4 is 5.32 Å². The fraction of sp³-hybridized carbons (Fsp3) is 0.300. The van der Waals surface area contributed by atoms with E-state index in [0.29, 0.717) is 12.4 Å². The molecule has 2 rings (SSSR count). The third kappa shape index (κ3) is 2.47. The van der Waals surface area contributed by atoms with Gasteiger partial charge in [0.2, 0.25) is 5.91 Å². The van der Waals surface area contributed by atoms with Crippen LogP contribution in [0.25, 0.3) is 0 Å². The second-order valence-electron chi connectivity index (χ2n) is 3.51. The summed E-state index contributed by atoms with van der Waals surface area (Å²) in [5.74, 6) is 1.17. The summed E-state index contributed by atoms with van der Waals surface area (Å²) in [4.78, 5) is 10.8. The summed E-state index contributed by atoms with van der Waals surface area (Å²) in [5.41, 5.74) is 0.801. The maximum atomic E-state index is 10.8. The Morgan fingerprint density at radius 3 is 3.06 bits per heavy atom. The van der Waals surface area contributed by atoms with Crippen molar-refractivity contribution in [2.45, 2.75) is 20.4 Å². The number of rotatable bonds is 3. The van der Waals surface area contributed by atoms with Gasteiger partial charge in [-0.3, -0.25) is 9.48 Å². The van der Waals surface area contributed by atoms with Gasteiger partial charge in [0.15, 0.2) is 5.82 Å². The minimum Gasteiger partial charge on any atom is -0.361 e. The number of hydrogen-bond donors (Lipinski definition) is 1. The van der Waals surface area contributed by atoms with Crippen molar-refractivity contribution in [2.24, 2.45) is 0 Å². The van der Waals surface area contributed by atoms with Gasteiger partial charge in [0.25, 0.3) is 0 Å². The lowest BCUT2D eigenvalue weighted by atomic mass is 10.4. The predicted molar refractivity (Wildman–Crippen MR) is 56.9 cm³/mol. The summed E-state index contributed by atoms with van der Waals surface area (Å²) >= 11 is 0. The first-order valence-electron chi connectivity index (χ1n) is 4.87. The molecule has 2 aromatic rings. The van der Waals surface area contributed by atoms with E-state index in [0.717, 1.165) is 11.5 Å². The molecular weight excluding hydrogens is 208 g/mol. The molecule has 0 unspecified atom stereocenters. The number of aromatic nitrogens is 3. The minimum absolute atomic E-state index is 0.137. The zero-order chi connectivity index (χ0) is 11.5. The molecule has 6 heteroatoms. The Kier molecular flexibility index (Phi) is 2.72. The van der Waals surface area contributed by atoms with Gasteiger partial charge in [-0.25, -0.2) is 0 Å². The van der Waals surface area contributed by atoms with E-state index in [1.807, 2.05) is 13.0 Å². The van der Waals surface area contributed by atoms with E-state index in [4.69, 9.17) is 4.52 Å². The molecule has 1 amide bonds. The number of amides is 1. The number of carbonyl (C=O) groups is 1. The topological polar surface area (TPSA) is 73.0 Å². The van der Waals surface area contributed by atoms with E-state index in [1.165, 1.54) is 6.92 Å². The van der Waals surface area contributed by atoms with Gasteiger partial charge < -0.3 is 9.84 Å². The van der Waals surface area contributed by atoms with E-state index in [9.17, 15) is 4.79 Å². The summed E-state index contributed by atoms with van der Waals surface area (Å²) in [6, 6.07) is 3.58. The van der Waals surface area contributed by atoms with Gasteiger partial charge >= 0.3 is 0 Å². The molecule has 0 aliphatic carbocycles. The minimum atomic E-state index is -0.137. The first kappa shape index (κ1) is 10.4. The Hall–Kier alpha value is -2.11. The maximum Gasteiger partial charge on any atom is 0.222 e. The molecule has 2 heterocycles. The van der Waals surface area contributed by atoms with Crippen molar-refractivity contribution in [1.82, 2.24) is 14.9 Å². The average molecular weight is 220 g/mol. The fourth-order valence-electron chi connectivity index (χ4n) is 1.36. The molecule has 1 N–H and O–H groups in total. The predicted octanol–water partition coefficient (Wildman–Crippen LogP) is 1.19. The van der Waals surface area contributed by atoms with E-state index < -0.39 is 0 Å². The smallest absolute Gasteiger partial charge is 0.222 e. The largest absolute Gasteiger partial charge is 0.361 e. The van der Waals surface area contributed by atoms with Crippen LogP contribution in [0.4, 0.5) is 5.82 Å². The number of nitrogens with one attached hydrogen (secondary N) is 1. The summed E-state index contributed by atoms with van der Waals surface area (Å²) in [6.07, 6.45) is 1.77. The Labute approximate surface area is 92.2 Å². The van der Waals surface area contributed by atoms with Crippen LogP contribution in [-0.2, 0) is 11.3 Å². The molecule has 84 valence electrons. The molecule has 0 spiro atoms. The molecule has 6 nitrogen and oxygen atoms in total. The van der Waals surface area contributed by atoms with Crippen molar-refractivity contribution >= 4 is 11.7 Å². The van der Waals surface area contributed by atoms with Crippen LogP contribution in [0.1, 0.15) is 18.4 Å². The molecule has 16 heavy (non-hydrogen) atoms. The van der Waals surface area contributed by atoms with E-state index >= 15 is 0 Å². The zero-order valence-corrected chi connectivity index (χ0v) is 9.10. The summed E-state index contributed by atoms with van der Waals surface area (Å²) < 4.78 is 6.63. The van der Waals surface area contributed by atoms with E-state index in [1.54, 1.807) is 16.9 Å². The van der Waals surface area contributed by atoms with Gasteiger partial charge in [0, 0.05) is 25.3 Å². The Morgan fingerprint density at radius 1 is 1.62 bits per heavy atom. The van der Waals surface area contributed by atoms with Crippen LogP contribution in [0.15, 0.2) is 22.9 Å². The number of anilines is 1. The number of carbonyl (C=O) groups excluding carboxylic acids is 1. The first-order chi connectivity index (χ1) is 7.63. The summed E-state index contributed by atoms with van der Waals surface area (Å²) in [6.45, 7) is 3.80. The number of aryl methyl sites for hydroxylation is 1. The molecular formula is C10H12N4O2. The van der Waals surface area contributed by atoms with Crippen LogP contribution >= 0.6 is 0 Å². The number of hydrogen-bond acceptors (Lipinski definition) is 4. The standard InChI is InChI=1S/C10H12N4O2/c1-7-5-9(13-16-7)6-14-4-3-10(12-14)11-8(2)15/h3-5H,6H2,1-2H3,(H,11,12,15). The molecule has 2 aromatic heterocycles. The molecule has 0 aliphatic rings. The second-order valence-corrected chi connectivity index (χ2v) is 3.51. The van der Waals surface area contributed by atoms with Crippen molar-refractivity contribution in [3.63, 3.8) is 0 Å². The maximum absolute atomic E-state index is 10.8. The van der Waals surface area contributed by atoms with Gasteiger partial charge in [-0.1, -0.05) is 5.16 Å². The highest BCUT2D eigenvalue weighted by Gasteiger charge is 2.04. The summed E-state index contributed by atoms with van der Waals surface area (Å²) in [5, 5.41) is 10.6. The normalized spacial score (nSPS) is 10.4. The van der Waals surface area contributed by atoms with Crippen molar-refractivity contribution in [3.8, 4) is 0 Å². The molecule has 0 aromatic carbocycles. The molecule has 0 radical (unpaired) electrons. The number of nitrogens with zero attached hydrogens (tertiary/aromatic N) is 3. The Morgan fingerprint density at radius 2 is 2.44 bits per heavy atom. The first-order valence-corrected chi connectivity index (χ1v) is 4.87. The second kappa shape index (κ2) is 4.18. The molecule has 0 aliphatic heterocycles. The van der Waals surface area contributed by atoms with E-state index in [-0.39, 0.29) is 5.91 Å². The molecule has 0 bridgehead atoms. The third-order valence-electron chi connectivity index (χ3n) is 1.95. The highest BCUT2D eigenvalue weighted by atomic mass is 16.5. The Bertz CT molecular complexity index is 500. The van der Waals surface area contributed by atoms with Crippen LogP contribution in [0.2, 0.25) is 0 Å².